The molecule has 0 saturated heterocycles. The second-order valence-electron chi connectivity index (χ2n) is 0. The molecule has 0 nitrogen and oxygen atoms in total. The van der Waals surface area contributed by atoms with Gasteiger partial charge < -0.3 is 0 Å². The second kappa shape index (κ2) is 16.8. The van der Waals surface area contributed by atoms with Gasteiger partial charge in [0.15, 0.2) is 0 Å². The summed E-state index contributed by atoms with van der Waals surface area (Å²) in [6.45, 7) is 0. The van der Waals surface area contributed by atoms with E-state index in [9.17, 15) is 0 Å². The molecular formula is H8GaInSnZn. The minimum atomic E-state index is 0. The van der Waals surface area contributed by atoms with Gasteiger partial charge in [-0.1, -0.05) is 0 Å². The molecule has 0 aliphatic rings. The van der Waals surface area contributed by atoms with Gasteiger partial charge in [-0.2, -0.15) is 0 Å². The predicted molar refractivity (Wildman–Crippen MR) is 28.4 cm³/mol. The monoisotopic (exact) mass is 376 g/mol. The first kappa shape index (κ1) is 28.4. The van der Waals surface area contributed by atoms with Gasteiger partial charge in [0.2, 0.25) is 0 Å². The molecule has 2 radical (unpaired) electrons. The van der Waals surface area contributed by atoms with Gasteiger partial charge in [-0.25, -0.2) is 0 Å². The van der Waals surface area contributed by atoms with Gasteiger partial charge >= 0.3 is 69.5 Å². The Morgan fingerprint density at radius 3 is 1.00 bits per heavy atom. The Morgan fingerprint density at radius 2 is 1.00 bits per heavy atom. The van der Waals surface area contributed by atoms with Gasteiger partial charge in [-0.05, 0) is 0 Å². The van der Waals surface area contributed by atoms with Crippen molar-refractivity contribution in [2.24, 2.45) is 0 Å². The van der Waals surface area contributed by atoms with Crippen LogP contribution in [0, 0.1) is 0 Å². The fourth-order valence-corrected chi connectivity index (χ4v) is 0. The molecule has 0 saturated carbocycles. The second-order valence-corrected chi connectivity index (χ2v) is 0. The number of hydrogen-bond donors (Lipinski definition) is 0. The van der Waals surface area contributed by atoms with Gasteiger partial charge in [0.25, 0.3) is 0 Å². The maximum absolute atomic E-state index is 0. The van der Waals surface area contributed by atoms with E-state index in [2.05, 4.69) is 0 Å². The van der Waals surface area contributed by atoms with Gasteiger partial charge in [-0.15, -0.1) is 0 Å². The third-order valence-electron chi connectivity index (χ3n) is 0. The van der Waals surface area contributed by atoms with Crippen molar-refractivity contribution in [1.82, 2.24) is 0 Å². The van der Waals surface area contributed by atoms with E-state index in [4.69, 9.17) is 0 Å². The minimum absolute atomic E-state index is 0. The van der Waals surface area contributed by atoms with Crippen LogP contribution in [0.4, 0.5) is 0 Å². The largest absolute Gasteiger partial charge is 0 e. The maximum atomic E-state index is 0. The van der Waals surface area contributed by atoms with E-state index in [1.165, 1.54) is 0 Å². The molecule has 0 atom stereocenters. The molecule has 0 rings (SSSR count). The van der Waals surface area contributed by atoms with Crippen molar-refractivity contribution in [1.29, 1.82) is 0 Å². The Morgan fingerprint density at radius 1 is 1.00 bits per heavy atom. The first-order valence-corrected chi connectivity index (χ1v) is 0. The van der Waals surface area contributed by atoms with Crippen molar-refractivity contribution in [3.63, 3.8) is 0 Å². The number of rotatable bonds is 0. The van der Waals surface area contributed by atoms with Crippen LogP contribution < -0.4 is 0 Å². The SMILES string of the molecule is [GaH3].[InH3].[SnH2].[Zn]. The zero-order chi connectivity index (χ0) is 0. The molecule has 0 aromatic rings. The van der Waals surface area contributed by atoms with Crippen molar-refractivity contribution in [3.05, 3.63) is 0 Å². The Balaban J connectivity index is 0. The van der Waals surface area contributed by atoms with E-state index in [1.807, 2.05) is 0 Å². The van der Waals surface area contributed by atoms with Gasteiger partial charge in [-0.3, -0.25) is 0 Å². The first-order valence-electron chi connectivity index (χ1n) is 0. The molecule has 0 aromatic carbocycles. The summed E-state index contributed by atoms with van der Waals surface area (Å²) in [5.74, 6) is 0. The number of hydrogen-bond acceptors (Lipinski definition) is 0. The molecule has 0 heterocycles. The molecule has 0 N–H and O–H groups in total. The molecule has 0 aromatic heterocycles. The van der Waals surface area contributed by atoms with Crippen molar-refractivity contribution in [2.45, 2.75) is 0 Å². The van der Waals surface area contributed by atoms with E-state index in [0.29, 0.717) is 0 Å². The quantitative estimate of drug-likeness (QED) is 0.389. The van der Waals surface area contributed by atoms with Crippen molar-refractivity contribution in [3.8, 4) is 0 Å². The molecular weight excluding hydrogens is 369 g/mol. The van der Waals surface area contributed by atoms with Crippen LogP contribution in [0.2, 0.25) is 0 Å². The fraction of sp³-hybridized carbons (Fsp3) is 0. The van der Waals surface area contributed by atoms with E-state index >= 15 is 0 Å². The summed E-state index contributed by atoms with van der Waals surface area (Å²) in [4.78, 5) is 0. The van der Waals surface area contributed by atoms with Crippen LogP contribution in [0.1, 0.15) is 0 Å². The molecule has 4 heteroatoms. The molecule has 0 amide bonds. The third kappa shape index (κ3) is 8.87. The van der Waals surface area contributed by atoms with Crippen LogP contribution in [0.25, 0.3) is 0 Å². The van der Waals surface area contributed by atoms with E-state index in [0.717, 1.165) is 0 Å². The molecule has 4 heavy (non-hydrogen) atoms. The van der Waals surface area contributed by atoms with E-state index in [1.54, 1.807) is 0 Å². The van der Waals surface area contributed by atoms with Crippen LogP contribution in [-0.4, -0.2) is 69.5 Å². The molecule has 0 spiro atoms. The first-order chi connectivity index (χ1) is 0. The van der Waals surface area contributed by atoms with Crippen LogP contribution in [0.3, 0.4) is 0 Å². The third-order valence-corrected chi connectivity index (χ3v) is 0. The average molecular weight is 377 g/mol. The van der Waals surface area contributed by atoms with E-state index in [-0.39, 0.29) is 89.0 Å². The van der Waals surface area contributed by atoms with Crippen molar-refractivity contribution in [2.75, 3.05) is 0 Å². The van der Waals surface area contributed by atoms with Gasteiger partial charge in [0.1, 0.15) is 0 Å². The summed E-state index contributed by atoms with van der Waals surface area (Å²) in [6, 6.07) is 0. The molecule has 0 aliphatic heterocycles. The van der Waals surface area contributed by atoms with Crippen LogP contribution in [-0.2, 0) is 19.5 Å². The smallest absolute Gasteiger partial charge is 0 e. The van der Waals surface area contributed by atoms with Gasteiger partial charge in [0, 0.05) is 19.5 Å². The Labute approximate surface area is 87.4 Å². The Kier molecular flexibility index (Phi) is 119. The summed E-state index contributed by atoms with van der Waals surface area (Å²) in [6.07, 6.45) is 0. The molecule has 20 valence electrons. The zero-order valence-corrected chi connectivity index (χ0v) is 8.42. The maximum Gasteiger partial charge on any atom is 0 e. The van der Waals surface area contributed by atoms with Crippen molar-refractivity contribution >= 4 is 69.5 Å². The Bertz CT molecular complexity index is 8.00. The Hall–Kier alpha value is 2.93. The fourth-order valence-electron chi connectivity index (χ4n) is 0. The minimum Gasteiger partial charge on any atom is 0 e. The summed E-state index contributed by atoms with van der Waals surface area (Å²) in [7, 11) is 0. The van der Waals surface area contributed by atoms with Crippen LogP contribution in [0.15, 0.2) is 0 Å². The summed E-state index contributed by atoms with van der Waals surface area (Å²) >= 11 is 0. The molecule has 0 fully saturated rings. The summed E-state index contributed by atoms with van der Waals surface area (Å²) in [5.41, 5.74) is 0. The molecule has 0 bridgehead atoms. The average Bonchev–Trinajstić information content (AvgIpc) is 0. The standard InChI is InChI=1S/Ga.In.Sn.Zn.8H. The normalized spacial score (nSPS) is 0. The van der Waals surface area contributed by atoms with Gasteiger partial charge in [0.05, 0.1) is 0 Å². The summed E-state index contributed by atoms with van der Waals surface area (Å²) < 4.78 is 0. The van der Waals surface area contributed by atoms with E-state index < -0.39 is 0 Å². The zero-order valence-electron chi connectivity index (χ0n) is 1.41. The predicted octanol–water partition coefficient (Wildman–Crippen LogP) is -3.29. The topological polar surface area (TPSA) is 0 Å². The summed E-state index contributed by atoms with van der Waals surface area (Å²) in [5, 5.41) is 0. The van der Waals surface area contributed by atoms with Crippen LogP contribution >= 0.6 is 0 Å². The van der Waals surface area contributed by atoms with Crippen LogP contribution in [0.5, 0.6) is 0 Å². The molecule has 0 aliphatic carbocycles. The molecule has 0 unspecified atom stereocenters. The van der Waals surface area contributed by atoms with Crippen molar-refractivity contribution < 1.29 is 19.5 Å².